The SMILES string of the molecule is Cn1nc(CCC(=O)O)c(Br)c1-c1cccs1. The van der Waals surface area contributed by atoms with Crippen LogP contribution in [0, 0.1) is 0 Å². The van der Waals surface area contributed by atoms with Crippen molar-refractivity contribution in [3.63, 3.8) is 0 Å². The molecule has 0 atom stereocenters. The molecule has 0 spiro atoms. The number of carboxylic acids is 1. The van der Waals surface area contributed by atoms with Crippen LogP contribution in [0.3, 0.4) is 0 Å². The molecule has 0 bridgehead atoms. The van der Waals surface area contributed by atoms with E-state index < -0.39 is 5.97 Å². The molecule has 0 fully saturated rings. The molecule has 2 aromatic heterocycles. The Morgan fingerprint density at radius 2 is 2.41 bits per heavy atom. The normalized spacial score (nSPS) is 10.7. The third kappa shape index (κ3) is 2.58. The third-order valence-electron chi connectivity index (χ3n) is 2.39. The van der Waals surface area contributed by atoms with E-state index in [1.165, 1.54) is 0 Å². The lowest BCUT2D eigenvalue weighted by atomic mass is 10.2. The molecule has 0 amide bonds. The maximum Gasteiger partial charge on any atom is 0.303 e. The van der Waals surface area contributed by atoms with Crippen molar-refractivity contribution < 1.29 is 9.90 Å². The molecular formula is C11H11BrN2O2S. The molecule has 0 aliphatic rings. The van der Waals surface area contributed by atoms with Gasteiger partial charge < -0.3 is 5.11 Å². The fourth-order valence-corrected chi connectivity index (χ4v) is 3.31. The zero-order chi connectivity index (χ0) is 12.4. The molecule has 0 saturated carbocycles. The number of halogens is 1. The van der Waals surface area contributed by atoms with E-state index in [1.807, 2.05) is 24.6 Å². The summed E-state index contributed by atoms with van der Waals surface area (Å²) in [7, 11) is 1.87. The second-order valence-corrected chi connectivity index (χ2v) is 5.34. The van der Waals surface area contributed by atoms with Crippen LogP contribution in [0.15, 0.2) is 22.0 Å². The summed E-state index contributed by atoms with van der Waals surface area (Å²) >= 11 is 5.14. The molecule has 2 aromatic rings. The molecule has 1 N–H and O–H groups in total. The van der Waals surface area contributed by atoms with E-state index in [2.05, 4.69) is 21.0 Å². The van der Waals surface area contributed by atoms with Gasteiger partial charge >= 0.3 is 5.97 Å². The first-order valence-electron chi connectivity index (χ1n) is 5.06. The van der Waals surface area contributed by atoms with E-state index in [-0.39, 0.29) is 6.42 Å². The van der Waals surface area contributed by atoms with Crippen molar-refractivity contribution in [2.24, 2.45) is 7.05 Å². The number of thiophene rings is 1. The van der Waals surface area contributed by atoms with Gasteiger partial charge in [0.1, 0.15) is 0 Å². The van der Waals surface area contributed by atoms with Gasteiger partial charge in [-0.2, -0.15) is 5.10 Å². The van der Waals surface area contributed by atoms with E-state index in [4.69, 9.17) is 5.11 Å². The predicted octanol–water partition coefficient (Wildman–Crippen LogP) is 2.93. The van der Waals surface area contributed by atoms with E-state index in [0.29, 0.717) is 6.42 Å². The highest BCUT2D eigenvalue weighted by atomic mass is 79.9. The molecule has 0 saturated heterocycles. The Balaban J connectivity index is 2.32. The van der Waals surface area contributed by atoms with Crippen LogP contribution in [0.25, 0.3) is 10.6 Å². The minimum atomic E-state index is -0.805. The number of carboxylic acid groups (broad SMARTS) is 1. The predicted molar refractivity (Wildman–Crippen MR) is 70.2 cm³/mol. The molecule has 0 unspecified atom stereocenters. The van der Waals surface area contributed by atoms with E-state index in [0.717, 1.165) is 20.7 Å². The van der Waals surface area contributed by atoms with Crippen LogP contribution in [0.1, 0.15) is 12.1 Å². The second-order valence-electron chi connectivity index (χ2n) is 3.60. The van der Waals surface area contributed by atoms with Crippen LogP contribution < -0.4 is 0 Å². The summed E-state index contributed by atoms with van der Waals surface area (Å²) in [5.74, 6) is -0.805. The number of aryl methyl sites for hydroxylation is 2. The zero-order valence-corrected chi connectivity index (χ0v) is 11.6. The Morgan fingerprint density at radius 1 is 1.65 bits per heavy atom. The molecule has 4 nitrogen and oxygen atoms in total. The third-order valence-corrected chi connectivity index (χ3v) is 4.10. The van der Waals surface area contributed by atoms with Crippen molar-refractivity contribution in [2.75, 3.05) is 0 Å². The van der Waals surface area contributed by atoms with Gasteiger partial charge in [0.15, 0.2) is 0 Å². The topological polar surface area (TPSA) is 55.1 Å². The molecule has 90 valence electrons. The number of hydrogen-bond donors (Lipinski definition) is 1. The Kier molecular flexibility index (Phi) is 3.63. The molecule has 0 radical (unpaired) electrons. The van der Waals surface area contributed by atoms with Gasteiger partial charge in [-0.25, -0.2) is 0 Å². The van der Waals surface area contributed by atoms with Crippen molar-refractivity contribution in [3.8, 4) is 10.6 Å². The summed E-state index contributed by atoms with van der Waals surface area (Å²) in [6.07, 6.45) is 0.536. The quantitative estimate of drug-likeness (QED) is 0.944. The summed E-state index contributed by atoms with van der Waals surface area (Å²) in [5.41, 5.74) is 1.79. The first-order chi connectivity index (χ1) is 8.09. The van der Waals surface area contributed by atoms with Crippen molar-refractivity contribution >= 4 is 33.2 Å². The van der Waals surface area contributed by atoms with E-state index in [1.54, 1.807) is 16.0 Å². The van der Waals surface area contributed by atoms with Crippen molar-refractivity contribution in [2.45, 2.75) is 12.8 Å². The van der Waals surface area contributed by atoms with Crippen molar-refractivity contribution in [3.05, 3.63) is 27.7 Å². The Morgan fingerprint density at radius 3 is 3.00 bits per heavy atom. The van der Waals surface area contributed by atoms with Crippen molar-refractivity contribution in [1.82, 2.24) is 9.78 Å². The first-order valence-corrected chi connectivity index (χ1v) is 6.74. The molecule has 0 aliphatic carbocycles. The summed E-state index contributed by atoms with van der Waals surface area (Å²) in [6.45, 7) is 0. The monoisotopic (exact) mass is 314 g/mol. The highest BCUT2D eigenvalue weighted by Gasteiger charge is 2.16. The lowest BCUT2D eigenvalue weighted by Crippen LogP contribution is -1.99. The maximum absolute atomic E-state index is 10.6. The highest BCUT2D eigenvalue weighted by Crippen LogP contribution is 2.33. The number of nitrogens with zero attached hydrogens (tertiary/aromatic N) is 2. The van der Waals surface area contributed by atoms with Gasteiger partial charge in [-0.05, 0) is 27.4 Å². The minimum absolute atomic E-state index is 0.0967. The number of hydrogen-bond acceptors (Lipinski definition) is 3. The lowest BCUT2D eigenvalue weighted by Gasteiger charge is -1.98. The number of aliphatic carboxylic acids is 1. The van der Waals surface area contributed by atoms with Gasteiger partial charge in [-0.15, -0.1) is 11.3 Å². The number of aromatic nitrogens is 2. The lowest BCUT2D eigenvalue weighted by molar-refractivity contribution is -0.136. The largest absolute Gasteiger partial charge is 0.481 e. The zero-order valence-electron chi connectivity index (χ0n) is 9.18. The summed E-state index contributed by atoms with van der Waals surface area (Å²) < 4.78 is 2.68. The van der Waals surface area contributed by atoms with Gasteiger partial charge in [-0.1, -0.05) is 6.07 Å². The van der Waals surface area contributed by atoms with E-state index >= 15 is 0 Å². The average molecular weight is 315 g/mol. The molecule has 0 aliphatic heterocycles. The standard InChI is InChI=1S/C11H11BrN2O2S/c1-14-11(8-3-2-6-17-8)10(12)7(13-14)4-5-9(15)16/h2-3,6H,4-5H2,1H3,(H,15,16). The highest BCUT2D eigenvalue weighted by molar-refractivity contribution is 9.10. The molecule has 0 aromatic carbocycles. The van der Waals surface area contributed by atoms with Crippen LogP contribution in [-0.4, -0.2) is 20.9 Å². The van der Waals surface area contributed by atoms with Crippen LogP contribution >= 0.6 is 27.3 Å². The van der Waals surface area contributed by atoms with Crippen LogP contribution in [0.4, 0.5) is 0 Å². The Hall–Kier alpha value is -1.14. The number of carbonyl (C=O) groups is 1. The van der Waals surface area contributed by atoms with Gasteiger partial charge in [0.25, 0.3) is 0 Å². The summed E-state index contributed by atoms with van der Waals surface area (Å²) in [6, 6.07) is 4.00. The van der Waals surface area contributed by atoms with Crippen LogP contribution in [-0.2, 0) is 18.3 Å². The fraction of sp³-hybridized carbons (Fsp3) is 0.273. The molecule has 6 heteroatoms. The van der Waals surface area contributed by atoms with Gasteiger partial charge in [0, 0.05) is 13.5 Å². The fourth-order valence-electron chi connectivity index (χ4n) is 1.62. The Bertz CT molecular complexity index is 534. The van der Waals surface area contributed by atoms with Gasteiger partial charge in [0.2, 0.25) is 0 Å². The minimum Gasteiger partial charge on any atom is -0.481 e. The molecular weight excluding hydrogens is 304 g/mol. The van der Waals surface area contributed by atoms with E-state index in [9.17, 15) is 4.79 Å². The van der Waals surface area contributed by atoms with Crippen LogP contribution in [0.2, 0.25) is 0 Å². The Labute approximate surface area is 111 Å². The first kappa shape index (κ1) is 12.3. The number of rotatable bonds is 4. The molecule has 17 heavy (non-hydrogen) atoms. The van der Waals surface area contributed by atoms with Crippen LogP contribution in [0.5, 0.6) is 0 Å². The second kappa shape index (κ2) is 5.01. The summed E-state index contributed by atoms with van der Waals surface area (Å²) in [4.78, 5) is 11.7. The smallest absolute Gasteiger partial charge is 0.303 e. The summed E-state index contributed by atoms with van der Waals surface area (Å²) in [5, 5.41) is 15.0. The van der Waals surface area contributed by atoms with Crippen molar-refractivity contribution in [1.29, 1.82) is 0 Å². The molecule has 2 heterocycles. The van der Waals surface area contributed by atoms with Gasteiger partial charge in [-0.3, -0.25) is 9.48 Å². The molecule has 2 rings (SSSR count). The van der Waals surface area contributed by atoms with Gasteiger partial charge in [0.05, 0.1) is 27.2 Å². The maximum atomic E-state index is 10.6. The average Bonchev–Trinajstić information content (AvgIpc) is 2.84.